The average Bonchev–Trinajstić information content (AvgIpc) is 2.06. The van der Waals surface area contributed by atoms with E-state index in [9.17, 15) is 4.79 Å². The number of esters is 1. The molecule has 1 rings (SSSR count). The fourth-order valence-corrected chi connectivity index (χ4v) is 1.12. The predicted octanol–water partition coefficient (Wildman–Crippen LogP) is 2.40. The highest BCUT2D eigenvalue weighted by Crippen LogP contribution is 2.18. The van der Waals surface area contributed by atoms with Crippen molar-refractivity contribution in [2.75, 3.05) is 0 Å². The van der Waals surface area contributed by atoms with Crippen molar-refractivity contribution in [3.63, 3.8) is 0 Å². The summed E-state index contributed by atoms with van der Waals surface area (Å²) >= 11 is 0. The standard InChI is InChI=1S/C9H14O2/c1-2-9(10)11-8-6-4-3-5-7-8/h6H,2-5,7H2,1H3. The summed E-state index contributed by atoms with van der Waals surface area (Å²) in [5, 5.41) is 0. The molecule has 0 bridgehead atoms. The van der Waals surface area contributed by atoms with Gasteiger partial charge in [-0.2, -0.15) is 0 Å². The first-order valence-electron chi connectivity index (χ1n) is 4.22. The van der Waals surface area contributed by atoms with Crippen LogP contribution in [0.25, 0.3) is 0 Å². The van der Waals surface area contributed by atoms with Gasteiger partial charge in [-0.25, -0.2) is 0 Å². The summed E-state index contributed by atoms with van der Waals surface area (Å²) in [5.74, 6) is 0.765. The maximum Gasteiger partial charge on any atom is 0.310 e. The van der Waals surface area contributed by atoms with Crippen molar-refractivity contribution in [2.45, 2.75) is 39.0 Å². The Kier molecular flexibility index (Phi) is 3.14. The molecule has 62 valence electrons. The van der Waals surface area contributed by atoms with Crippen LogP contribution in [0.3, 0.4) is 0 Å². The topological polar surface area (TPSA) is 26.3 Å². The molecule has 0 radical (unpaired) electrons. The van der Waals surface area contributed by atoms with Gasteiger partial charge in [0.15, 0.2) is 0 Å². The zero-order chi connectivity index (χ0) is 8.10. The van der Waals surface area contributed by atoms with Crippen molar-refractivity contribution in [1.29, 1.82) is 0 Å². The van der Waals surface area contributed by atoms with E-state index in [2.05, 4.69) is 0 Å². The molecule has 0 saturated carbocycles. The van der Waals surface area contributed by atoms with Crippen LogP contribution in [0.2, 0.25) is 0 Å². The van der Waals surface area contributed by atoms with E-state index < -0.39 is 0 Å². The molecule has 0 N–H and O–H groups in total. The van der Waals surface area contributed by atoms with Crippen LogP contribution >= 0.6 is 0 Å². The van der Waals surface area contributed by atoms with Gasteiger partial charge < -0.3 is 4.74 Å². The van der Waals surface area contributed by atoms with Gasteiger partial charge in [0.25, 0.3) is 0 Å². The second-order valence-corrected chi connectivity index (χ2v) is 2.74. The second kappa shape index (κ2) is 4.16. The summed E-state index contributed by atoms with van der Waals surface area (Å²) < 4.78 is 5.06. The highest BCUT2D eigenvalue weighted by atomic mass is 16.5. The summed E-state index contributed by atoms with van der Waals surface area (Å²) in [6, 6.07) is 0. The number of allylic oxidation sites excluding steroid dienone is 2. The van der Waals surface area contributed by atoms with Crippen molar-refractivity contribution < 1.29 is 9.53 Å². The largest absolute Gasteiger partial charge is 0.431 e. The molecule has 0 aromatic carbocycles. The average molecular weight is 154 g/mol. The number of carbonyl (C=O) groups is 1. The third-order valence-electron chi connectivity index (χ3n) is 1.78. The molecule has 0 atom stereocenters. The Hall–Kier alpha value is -0.790. The van der Waals surface area contributed by atoms with Crippen LogP contribution in [0.1, 0.15) is 39.0 Å². The molecule has 2 heteroatoms. The number of ether oxygens (including phenoxy) is 1. The van der Waals surface area contributed by atoms with Crippen molar-refractivity contribution in [3.05, 3.63) is 11.8 Å². The quantitative estimate of drug-likeness (QED) is 0.571. The molecule has 0 spiro atoms. The van der Waals surface area contributed by atoms with E-state index in [4.69, 9.17) is 4.74 Å². The molecular weight excluding hydrogens is 140 g/mol. The lowest BCUT2D eigenvalue weighted by Gasteiger charge is -2.11. The first-order valence-corrected chi connectivity index (χ1v) is 4.22. The van der Waals surface area contributed by atoms with Gasteiger partial charge in [0.05, 0.1) is 0 Å². The van der Waals surface area contributed by atoms with Crippen LogP contribution in [-0.2, 0) is 9.53 Å². The van der Waals surface area contributed by atoms with E-state index in [1.54, 1.807) is 0 Å². The van der Waals surface area contributed by atoms with Crippen LogP contribution in [0.4, 0.5) is 0 Å². The fraction of sp³-hybridized carbons (Fsp3) is 0.667. The first kappa shape index (κ1) is 8.31. The maximum atomic E-state index is 10.8. The van der Waals surface area contributed by atoms with Crippen LogP contribution in [-0.4, -0.2) is 5.97 Å². The third kappa shape index (κ3) is 2.74. The molecule has 1 aliphatic carbocycles. The minimum atomic E-state index is -0.113. The highest BCUT2D eigenvalue weighted by Gasteiger charge is 2.07. The van der Waals surface area contributed by atoms with Gasteiger partial charge in [-0.3, -0.25) is 4.79 Å². The molecule has 0 unspecified atom stereocenters. The molecule has 0 aromatic heterocycles. The van der Waals surface area contributed by atoms with Crippen LogP contribution < -0.4 is 0 Å². The molecular formula is C9H14O2. The van der Waals surface area contributed by atoms with E-state index in [0.29, 0.717) is 6.42 Å². The fourth-order valence-electron chi connectivity index (χ4n) is 1.12. The zero-order valence-electron chi connectivity index (χ0n) is 6.93. The Morgan fingerprint density at radius 3 is 3.00 bits per heavy atom. The number of carbonyl (C=O) groups excluding carboxylic acids is 1. The van der Waals surface area contributed by atoms with Crippen LogP contribution in [0.5, 0.6) is 0 Å². The van der Waals surface area contributed by atoms with Crippen molar-refractivity contribution in [1.82, 2.24) is 0 Å². The van der Waals surface area contributed by atoms with Crippen molar-refractivity contribution in [3.8, 4) is 0 Å². The molecule has 1 aliphatic rings. The minimum absolute atomic E-state index is 0.113. The van der Waals surface area contributed by atoms with Crippen LogP contribution in [0, 0.1) is 0 Å². The van der Waals surface area contributed by atoms with Gasteiger partial charge in [-0.15, -0.1) is 0 Å². The first-order chi connectivity index (χ1) is 5.33. The lowest BCUT2D eigenvalue weighted by atomic mass is 10.1. The lowest BCUT2D eigenvalue weighted by Crippen LogP contribution is -2.04. The summed E-state index contributed by atoms with van der Waals surface area (Å²) in [6.45, 7) is 1.81. The number of rotatable bonds is 2. The van der Waals surface area contributed by atoms with E-state index in [-0.39, 0.29) is 5.97 Å². The molecule has 0 aromatic rings. The van der Waals surface area contributed by atoms with Crippen molar-refractivity contribution >= 4 is 5.97 Å². The summed E-state index contributed by atoms with van der Waals surface area (Å²) in [5.41, 5.74) is 0. The lowest BCUT2D eigenvalue weighted by molar-refractivity contribution is -0.139. The molecule has 0 saturated heterocycles. The Labute approximate surface area is 67.2 Å². The zero-order valence-corrected chi connectivity index (χ0v) is 6.93. The second-order valence-electron chi connectivity index (χ2n) is 2.74. The predicted molar refractivity (Wildman–Crippen MR) is 42.9 cm³/mol. The van der Waals surface area contributed by atoms with Gasteiger partial charge in [-0.05, 0) is 25.3 Å². The van der Waals surface area contributed by atoms with E-state index >= 15 is 0 Å². The van der Waals surface area contributed by atoms with Gasteiger partial charge in [0.1, 0.15) is 5.76 Å². The number of hydrogen-bond donors (Lipinski definition) is 0. The molecule has 11 heavy (non-hydrogen) atoms. The number of hydrogen-bond acceptors (Lipinski definition) is 2. The minimum Gasteiger partial charge on any atom is -0.431 e. The normalized spacial score (nSPS) is 17.4. The van der Waals surface area contributed by atoms with E-state index in [1.807, 2.05) is 13.0 Å². The smallest absolute Gasteiger partial charge is 0.310 e. The van der Waals surface area contributed by atoms with E-state index in [0.717, 1.165) is 25.0 Å². The Balaban J connectivity index is 2.35. The highest BCUT2D eigenvalue weighted by molar-refractivity contribution is 5.70. The molecule has 0 fully saturated rings. The Bertz CT molecular complexity index is 170. The van der Waals surface area contributed by atoms with E-state index in [1.165, 1.54) is 6.42 Å². The van der Waals surface area contributed by atoms with Gasteiger partial charge in [0, 0.05) is 12.8 Å². The monoisotopic (exact) mass is 154 g/mol. The van der Waals surface area contributed by atoms with Gasteiger partial charge in [0.2, 0.25) is 0 Å². The third-order valence-corrected chi connectivity index (χ3v) is 1.78. The summed E-state index contributed by atoms with van der Waals surface area (Å²) in [7, 11) is 0. The van der Waals surface area contributed by atoms with Gasteiger partial charge >= 0.3 is 5.97 Å². The molecule has 0 aliphatic heterocycles. The Morgan fingerprint density at radius 1 is 1.64 bits per heavy atom. The summed E-state index contributed by atoms with van der Waals surface area (Å²) in [4.78, 5) is 10.8. The molecule has 0 heterocycles. The van der Waals surface area contributed by atoms with Crippen LogP contribution in [0.15, 0.2) is 11.8 Å². The molecule has 0 amide bonds. The summed E-state index contributed by atoms with van der Waals surface area (Å²) in [6.07, 6.45) is 6.88. The SMILES string of the molecule is CCC(=O)OC1=CCCCC1. The van der Waals surface area contributed by atoms with Crippen molar-refractivity contribution in [2.24, 2.45) is 0 Å². The molecule has 2 nitrogen and oxygen atoms in total. The maximum absolute atomic E-state index is 10.8. The Morgan fingerprint density at radius 2 is 2.45 bits per heavy atom. The van der Waals surface area contributed by atoms with Gasteiger partial charge in [-0.1, -0.05) is 6.92 Å².